The number of carbonyl (C=O) groups is 3. The molecule has 0 unspecified atom stereocenters. The quantitative estimate of drug-likeness (QED) is 0.586. The smallest absolute Gasteiger partial charge is 0.336 e. The maximum absolute atomic E-state index is 13.5. The maximum Gasteiger partial charge on any atom is 0.336 e. The van der Waals surface area contributed by atoms with Crippen molar-refractivity contribution in [1.82, 2.24) is 5.32 Å². The van der Waals surface area contributed by atoms with Crippen LogP contribution < -0.4 is 10.1 Å². The van der Waals surface area contributed by atoms with Crippen molar-refractivity contribution in [1.29, 1.82) is 0 Å². The van der Waals surface area contributed by atoms with Crippen molar-refractivity contribution in [2.45, 2.75) is 33.1 Å². The van der Waals surface area contributed by atoms with Crippen molar-refractivity contribution in [3.05, 3.63) is 52.4 Å². The molecule has 1 aliphatic carbocycles. The summed E-state index contributed by atoms with van der Waals surface area (Å²) in [5.74, 6) is -2.47. The minimum Gasteiger partial charge on any atom is -0.497 e. The highest BCUT2D eigenvalue weighted by Crippen LogP contribution is 2.45. The number of allylic oxidation sites excluding steroid dienone is 3. The topological polar surface area (TPSA) is 90.9 Å². The highest BCUT2D eigenvalue weighted by Gasteiger charge is 2.47. The van der Waals surface area contributed by atoms with Crippen LogP contribution in [0, 0.1) is 11.8 Å². The summed E-state index contributed by atoms with van der Waals surface area (Å²) in [6.07, 6.45) is 0.501. The second-order valence-electron chi connectivity index (χ2n) is 7.53. The van der Waals surface area contributed by atoms with Gasteiger partial charge in [-0.05, 0) is 43.9 Å². The van der Waals surface area contributed by atoms with Gasteiger partial charge in [0.15, 0.2) is 5.78 Å². The number of rotatable bonds is 5. The highest BCUT2D eigenvalue weighted by atomic mass is 16.5. The van der Waals surface area contributed by atoms with E-state index < -0.39 is 23.8 Å². The van der Waals surface area contributed by atoms with Crippen molar-refractivity contribution in [3.8, 4) is 5.75 Å². The van der Waals surface area contributed by atoms with E-state index in [0.717, 1.165) is 11.3 Å². The van der Waals surface area contributed by atoms with Gasteiger partial charge in [-0.15, -0.1) is 0 Å². The van der Waals surface area contributed by atoms with E-state index in [2.05, 4.69) is 5.32 Å². The van der Waals surface area contributed by atoms with Crippen LogP contribution in [-0.2, 0) is 23.9 Å². The van der Waals surface area contributed by atoms with Gasteiger partial charge in [0.25, 0.3) is 0 Å². The molecule has 0 bridgehead atoms. The lowest BCUT2D eigenvalue weighted by atomic mass is 9.69. The molecule has 1 N–H and O–H groups in total. The van der Waals surface area contributed by atoms with Crippen molar-refractivity contribution in [3.63, 3.8) is 0 Å². The molecule has 160 valence electrons. The first kappa shape index (κ1) is 21.6. The third-order valence-electron chi connectivity index (χ3n) is 5.69. The van der Waals surface area contributed by atoms with Crippen LogP contribution in [0.2, 0.25) is 0 Å². The fourth-order valence-corrected chi connectivity index (χ4v) is 4.29. The second kappa shape index (κ2) is 8.73. The largest absolute Gasteiger partial charge is 0.497 e. The Morgan fingerprint density at radius 3 is 2.40 bits per heavy atom. The van der Waals surface area contributed by atoms with Crippen LogP contribution in [0.5, 0.6) is 5.75 Å². The molecule has 0 aromatic heterocycles. The molecular formula is C23H27NO6. The number of hydrogen-bond acceptors (Lipinski definition) is 7. The summed E-state index contributed by atoms with van der Waals surface area (Å²) in [5, 5.41) is 3.23. The second-order valence-corrected chi connectivity index (χ2v) is 7.53. The monoisotopic (exact) mass is 413 g/mol. The fourth-order valence-electron chi connectivity index (χ4n) is 4.29. The molecule has 0 spiro atoms. The third kappa shape index (κ3) is 3.72. The third-order valence-corrected chi connectivity index (χ3v) is 5.69. The molecule has 1 aromatic rings. The maximum atomic E-state index is 13.5. The van der Waals surface area contributed by atoms with Crippen LogP contribution in [-0.4, -0.2) is 38.5 Å². The summed E-state index contributed by atoms with van der Waals surface area (Å²) in [4.78, 5) is 38.7. The Morgan fingerprint density at radius 2 is 1.83 bits per heavy atom. The number of ether oxygens (including phenoxy) is 3. The van der Waals surface area contributed by atoms with Crippen LogP contribution >= 0.6 is 0 Å². The molecule has 0 saturated carbocycles. The molecule has 30 heavy (non-hydrogen) atoms. The van der Waals surface area contributed by atoms with Gasteiger partial charge in [0.1, 0.15) is 11.7 Å². The lowest BCUT2D eigenvalue weighted by molar-refractivity contribution is -0.151. The molecule has 3 rings (SSSR count). The number of nitrogens with one attached hydrogen (secondary N) is 1. The summed E-state index contributed by atoms with van der Waals surface area (Å²) in [6, 6.07) is 7.21. The molecular weight excluding hydrogens is 386 g/mol. The van der Waals surface area contributed by atoms with Gasteiger partial charge in [0.05, 0.1) is 26.4 Å². The van der Waals surface area contributed by atoms with E-state index >= 15 is 0 Å². The first-order chi connectivity index (χ1) is 14.3. The van der Waals surface area contributed by atoms with E-state index in [-0.39, 0.29) is 18.3 Å². The van der Waals surface area contributed by atoms with Crippen molar-refractivity contribution in [2.24, 2.45) is 11.8 Å². The van der Waals surface area contributed by atoms with E-state index in [9.17, 15) is 14.4 Å². The number of ketones is 1. The number of dihydropyridines is 1. The van der Waals surface area contributed by atoms with Gasteiger partial charge in [0, 0.05) is 22.9 Å². The average molecular weight is 413 g/mol. The Balaban J connectivity index is 2.17. The van der Waals surface area contributed by atoms with E-state index in [1.807, 2.05) is 19.1 Å². The van der Waals surface area contributed by atoms with Gasteiger partial charge < -0.3 is 19.5 Å². The van der Waals surface area contributed by atoms with Crippen LogP contribution in [0.1, 0.15) is 38.7 Å². The molecule has 0 amide bonds. The Hall–Kier alpha value is -3.09. The van der Waals surface area contributed by atoms with Crippen LogP contribution in [0.15, 0.2) is 46.8 Å². The van der Waals surface area contributed by atoms with E-state index in [1.165, 1.54) is 7.11 Å². The summed E-state index contributed by atoms with van der Waals surface area (Å²) >= 11 is 0. The summed E-state index contributed by atoms with van der Waals surface area (Å²) in [5.41, 5.74) is 2.91. The molecule has 7 heteroatoms. The Morgan fingerprint density at radius 1 is 1.17 bits per heavy atom. The van der Waals surface area contributed by atoms with Gasteiger partial charge >= 0.3 is 11.9 Å². The van der Waals surface area contributed by atoms with E-state index in [4.69, 9.17) is 14.2 Å². The molecule has 1 aromatic carbocycles. The van der Waals surface area contributed by atoms with E-state index in [0.29, 0.717) is 29.0 Å². The molecule has 0 fully saturated rings. The molecule has 0 radical (unpaired) electrons. The predicted molar refractivity (Wildman–Crippen MR) is 110 cm³/mol. The SMILES string of the molecule is CCOC(=O)C1=C(C)NC2=C(C(=O)[C@@H](C(=O)OC)[C@H](C)C2)[C@@H]1c1ccc(OC)cc1. The van der Waals surface area contributed by atoms with Crippen LogP contribution in [0.25, 0.3) is 0 Å². The highest BCUT2D eigenvalue weighted by molar-refractivity contribution is 6.12. The molecule has 2 aliphatic rings. The molecule has 7 nitrogen and oxygen atoms in total. The minimum atomic E-state index is -0.904. The van der Waals surface area contributed by atoms with Gasteiger partial charge in [-0.2, -0.15) is 0 Å². The van der Waals surface area contributed by atoms with Crippen LogP contribution in [0.3, 0.4) is 0 Å². The Labute approximate surface area is 176 Å². The number of esters is 2. The zero-order valence-electron chi connectivity index (χ0n) is 17.9. The normalized spacial score (nSPS) is 23.5. The van der Waals surface area contributed by atoms with E-state index in [1.54, 1.807) is 33.1 Å². The zero-order valence-corrected chi connectivity index (χ0v) is 17.9. The lowest BCUT2D eigenvalue weighted by Gasteiger charge is -2.38. The average Bonchev–Trinajstić information content (AvgIpc) is 2.72. The van der Waals surface area contributed by atoms with Gasteiger partial charge in [0.2, 0.25) is 0 Å². The molecule has 1 aliphatic heterocycles. The van der Waals surface area contributed by atoms with Gasteiger partial charge in [-0.3, -0.25) is 9.59 Å². The first-order valence-electron chi connectivity index (χ1n) is 9.97. The van der Waals surface area contributed by atoms with Crippen LogP contribution in [0.4, 0.5) is 0 Å². The lowest BCUT2D eigenvalue weighted by Crippen LogP contribution is -2.43. The number of Topliss-reactive ketones (excluding diaryl/α,β-unsaturated/α-hetero) is 1. The van der Waals surface area contributed by atoms with Gasteiger partial charge in [-0.1, -0.05) is 19.1 Å². The summed E-state index contributed by atoms with van der Waals surface area (Å²) in [7, 11) is 2.85. The van der Waals surface area contributed by atoms with Crippen molar-refractivity contribution < 1.29 is 28.6 Å². The minimum absolute atomic E-state index is 0.215. The van der Waals surface area contributed by atoms with Crippen molar-refractivity contribution >= 4 is 17.7 Å². The first-order valence-corrected chi connectivity index (χ1v) is 9.97. The number of carbonyl (C=O) groups excluding carboxylic acids is 3. The standard InChI is InChI=1S/C23H27NO6/c1-6-30-23(27)18-13(3)24-16-11-12(2)17(22(26)29-5)21(25)20(16)19(18)14-7-9-15(28-4)10-8-14/h7-10,12,17,19,24H,6,11H2,1-5H3/t12-,17+,19-/m1/s1. The number of hydrogen-bond donors (Lipinski definition) is 1. The molecule has 1 heterocycles. The Bertz CT molecular complexity index is 928. The molecule has 3 atom stereocenters. The molecule has 0 saturated heterocycles. The zero-order chi connectivity index (χ0) is 22.0. The fraction of sp³-hybridized carbons (Fsp3) is 0.435. The van der Waals surface area contributed by atoms with Gasteiger partial charge in [-0.25, -0.2) is 4.79 Å². The summed E-state index contributed by atoms with van der Waals surface area (Å²) in [6.45, 7) is 5.60. The number of methoxy groups -OCH3 is 2. The summed E-state index contributed by atoms with van der Waals surface area (Å²) < 4.78 is 15.4. The predicted octanol–water partition coefficient (Wildman–Crippen LogP) is 2.87. The Kier molecular flexibility index (Phi) is 6.29. The van der Waals surface area contributed by atoms with Crippen molar-refractivity contribution in [2.75, 3.05) is 20.8 Å². The number of benzene rings is 1.